The number of nitrogens with zero attached hydrogens (tertiary/aromatic N) is 4. The number of halogens is 4. The average molecular weight is 526 g/mol. The van der Waals surface area contributed by atoms with Gasteiger partial charge in [0, 0.05) is 49.7 Å². The Morgan fingerprint density at radius 2 is 1.38 bits per heavy atom. The molecule has 0 atom stereocenters. The van der Waals surface area contributed by atoms with Crippen LogP contribution in [0, 0.1) is 0 Å². The molecule has 2 heterocycles. The summed E-state index contributed by atoms with van der Waals surface area (Å²) in [6.45, 7) is 0.882. The molecule has 6 nitrogen and oxygen atoms in total. The molecule has 2 aromatic heterocycles. The zero-order chi connectivity index (χ0) is 22.7. The lowest BCUT2D eigenvalue weighted by molar-refractivity contribution is 0.687. The van der Waals surface area contributed by atoms with Crippen molar-refractivity contribution in [2.45, 2.75) is 13.1 Å². The van der Waals surface area contributed by atoms with Crippen LogP contribution in [0.5, 0.6) is 0 Å². The van der Waals surface area contributed by atoms with Crippen molar-refractivity contribution >= 4 is 75.2 Å². The summed E-state index contributed by atoms with van der Waals surface area (Å²) in [5.41, 5.74) is 2.32. The maximum absolute atomic E-state index is 6.24. The lowest BCUT2D eigenvalue weighted by Gasteiger charge is -2.08. The smallest absolute Gasteiger partial charge is 0.176 e. The van der Waals surface area contributed by atoms with Gasteiger partial charge in [0.25, 0.3) is 0 Å². The van der Waals surface area contributed by atoms with Crippen LogP contribution in [-0.2, 0) is 13.1 Å². The molecule has 164 valence electrons. The lowest BCUT2D eigenvalue weighted by atomic mass is 10.2. The Bertz CT molecular complexity index is 1130. The van der Waals surface area contributed by atoms with Gasteiger partial charge in [-0.3, -0.25) is 9.36 Å². The molecule has 0 amide bonds. The number of aromatic nitrogens is 4. The van der Waals surface area contributed by atoms with E-state index in [1.807, 2.05) is 18.5 Å². The van der Waals surface area contributed by atoms with Crippen LogP contribution in [0.25, 0.3) is 0 Å². The highest BCUT2D eigenvalue weighted by Crippen LogP contribution is 2.26. The molecule has 0 bridgehead atoms. The molecule has 0 aliphatic rings. The van der Waals surface area contributed by atoms with Crippen molar-refractivity contribution in [1.29, 1.82) is 0 Å². The summed E-state index contributed by atoms with van der Waals surface area (Å²) in [6.07, 6.45) is 5.29. The fraction of sp³-hybridized carbons (Fsp3) is 0.0952. The largest absolute Gasteiger partial charge is 0.330 e. The SMILES string of the molecule is S=C(Nc1cnn(Cc2c(Cl)cccc2Cl)c1)Nc1ccn(Cc2c(Cl)cccc2Cl)n1. The minimum absolute atomic E-state index is 0.376. The Hall–Kier alpha value is -2.29. The van der Waals surface area contributed by atoms with Gasteiger partial charge < -0.3 is 10.6 Å². The molecule has 0 aliphatic heterocycles. The first-order valence-corrected chi connectivity index (χ1v) is 11.3. The summed E-state index contributed by atoms with van der Waals surface area (Å²) in [6, 6.07) is 12.6. The van der Waals surface area contributed by atoms with Crippen molar-refractivity contribution in [3.63, 3.8) is 0 Å². The predicted octanol–water partition coefficient (Wildman–Crippen LogP) is 6.60. The monoisotopic (exact) mass is 524 g/mol. The highest BCUT2D eigenvalue weighted by Gasteiger charge is 2.10. The Morgan fingerprint density at radius 1 is 0.812 bits per heavy atom. The molecular formula is C21H16Cl4N6S. The van der Waals surface area contributed by atoms with Crippen LogP contribution in [0.4, 0.5) is 11.5 Å². The van der Waals surface area contributed by atoms with Gasteiger partial charge in [-0.25, -0.2) is 0 Å². The molecular weight excluding hydrogens is 510 g/mol. The van der Waals surface area contributed by atoms with E-state index in [-0.39, 0.29) is 0 Å². The van der Waals surface area contributed by atoms with E-state index in [2.05, 4.69) is 20.8 Å². The molecule has 0 spiro atoms. The van der Waals surface area contributed by atoms with Crippen molar-refractivity contribution in [2.24, 2.45) is 0 Å². The van der Waals surface area contributed by atoms with Gasteiger partial charge in [-0.1, -0.05) is 58.5 Å². The van der Waals surface area contributed by atoms with E-state index in [0.29, 0.717) is 49.8 Å². The van der Waals surface area contributed by atoms with Gasteiger partial charge in [0.15, 0.2) is 10.9 Å². The van der Waals surface area contributed by atoms with Crippen LogP contribution in [-0.4, -0.2) is 24.7 Å². The Morgan fingerprint density at radius 3 is 1.97 bits per heavy atom. The average Bonchev–Trinajstić information content (AvgIpc) is 3.37. The van der Waals surface area contributed by atoms with Crippen LogP contribution in [0.3, 0.4) is 0 Å². The third kappa shape index (κ3) is 5.54. The minimum atomic E-state index is 0.376. The predicted molar refractivity (Wildman–Crippen MR) is 135 cm³/mol. The second-order valence-corrected chi connectivity index (χ2v) is 8.84. The zero-order valence-corrected chi connectivity index (χ0v) is 20.2. The molecule has 0 saturated heterocycles. The topological polar surface area (TPSA) is 59.7 Å². The van der Waals surface area contributed by atoms with Gasteiger partial charge >= 0.3 is 0 Å². The number of hydrogen-bond acceptors (Lipinski definition) is 3. The van der Waals surface area contributed by atoms with E-state index in [1.54, 1.807) is 52.0 Å². The molecule has 4 rings (SSSR count). The molecule has 0 fully saturated rings. The Labute approximate surface area is 210 Å². The van der Waals surface area contributed by atoms with Gasteiger partial charge in [0.1, 0.15) is 0 Å². The standard InChI is InChI=1S/C21H16Cl4N6S/c22-16-3-1-4-17(23)14(16)11-30-8-7-20(29-30)28-21(32)27-13-9-26-31(10-13)12-15-18(24)5-2-6-19(15)25/h1-10H,11-12H2,(H2,27,28,29,32). The van der Waals surface area contributed by atoms with E-state index < -0.39 is 0 Å². The van der Waals surface area contributed by atoms with Gasteiger partial charge in [-0.2, -0.15) is 10.2 Å². The highest BCUT2D eigenvalue weighted by molar-refractivity contribution is 7.80. The van der Waals surface area contributed by atoms with Crippen LogP contribution in [0.1, 0.15) is 11.1 Å². The maximum atomic E-state index is 6.24. The van der Waals surface area contributed by atoms with Crippen molar-refractivity contribution in [1.82, 2.24) is 19.6 Å². The summed E-state index contributed by atoms with van der Waals surface area (Å²) >= 11 is 30.3. The second-order valence-electron chi connectivity index (χ2n) is 6.80. The van der Waals surface area contributed by atoms with Gasteiger partial charge in [0.2, 0.25) is 0 Å². The second kappa shape index (κ2) is 10.1. The summed E-state index contributed by atoms with van der Waals surface area (Å²) in [4.78, 5) is 0. The zero-order valence-electron chi connectivity index (χ0n) is 16.4. The minimum Gasteiger partial charge on any atom is -0.330 e. The normalized spacial score (nSPS) is 10.9. The number of benzene rings is 2. The summed E-state index contributed by atoms with van der Waals surface area (Å²) in [5, 5.41) is 17.7. The van der Waals surface area contributed by atoms with Gasteiger partial charge in [-0.15, -0.1) is 0 Å². The fourth-order valence-corrected chi connectivity index (χ4v) is 4.26. The highest BCUT2D eigenvalue weighted by atomic mass is 35.5. The van der Waals surface area contributed by atoms with E-state index >= 15 is 0 Å². The molecule has 4 aromatic rings. The van der Waals surface area contributed by atoms with Crippen molar-refractivity contribution in [3.8, 4) is 0 Å². The molecule has 0 unspecified atom stereocenters. The third-order valence-electron chi connectivity index (χ3n) is 4.54. The summed E-state index contributed by atoms with van der Waals surface area (Å²) in [7, 11) is 0. The first-order valence-electron chi connectivity index (χ1n) is 9.39. The molecule has 0 aliphatic carbocycles. The van der Waals surface area contributed by atoms with Crippen LogP contribution < -0.4 is 10.6 Å². The van der Waals surface area contributed by atoms with Gasteiger partial charge in [-0.05, 0) is 36.5 Å². The van der Waals surface area contributed by atoms with Gasteiger partial charge in [0.05, 0.1) is 25.0 Å². The van der Waals surface area contributed by atoms with E-state index in [0.717, 1.165) is 11.1 Å². The molecule has 2 N–H and O–H groups in total. The Balaban J connectivity index is 1.36. The molecule has 0 radical (unpaired) electrons. The quantitative estimate of drug-likeness (QED) is 0.278. The number of anilines is 2. The molecule has 0 saturated carbocycles. The van der Waals surface area contributed by atoms with Crippen LogP contribution in [0.15, 0.2) is 61.1 Å². The first kappa shape index (κ1) is 22.9. The van der Waals surface area contributed by atoms with Crippen molar-refractivity contribution in [2.75, 3.05) is 10.6 Å². The Kier molecular flexibility index (Phi) is 7.23. The van der Waals surface area contributed by atoms with E-state index in [1.165, 1.54) is 0 Å². The van der Waals surface area contributed by atoms with Crippen molar-refractivity contribution in [3.05, 3.63) is 92.3 Å². The van der Waals surface area contributed by atoms with E-state index in [4.69, 9.17) is 58.6 Å². The van der Waals surface area contributed by atoms with E-state index in [9.17, 15) is 0 Å². The van der Waals surface area contributed by atoms with Crippen molar-refractivity contribution < 1.29 is 0 Å². The maximum Gasteiger partial charge on any atom is 0.176 e. The molecule has 11 heteroatoms. The third-order valence-corrected chi connectivity index (χ3v) is 6.16. The molecule has 32 heavy (non-hydrogen) atoms. The number of rotatable bonds is 6. The first-order chi connectivity index (χ1) is 15.4. The van der Waals surface area contributed by atoms with Crippen LogP contribution >= 0.6 is 58.6 Å². The number of nitrogens with one attached hydrogen (secondary N) is 2. The number of hydrogen-bond donors (Lipinski definition) is 2. The summed E-state index contributed by atoms with van der Waals surface area (Å²) in [5.74, 6) is 0.584. The number of thiocarbonyl (C=S) groups is 1. The fourth-order valence-electron chi connectivity index (χ4n) is 3.00. The summed E-state index contributed by atoms with van der Waals surface area (Å²) < 4.78 is 3.45. The lowest BCUT2D eigenvalue weighted by Crippen LogP contribution is -2.19. The van der Waals surface area contributed by atoms with Crippen LogP contribution in [0.2, 0.25) is 20.1 Å². The molecule has 2 aromatic carbocycles.